The van der Waals surface area contributed by atoms with E-state index in [-0.39, 0.29) is 0 Å². The first-order chi connectivity index (χ1) is 14.0. The smallest absolute Gasteiger partial charge is 0.122 e. The minimum absolute atomic E-state index is 0.387. The second-order valence-electron chi connectivity index (χ2n) is 8.93. The first-order valence-corrected chi connectivity index (χ1v) is 12.0. The SMILES string of the molecule is Oc1c(Cc2cc(S)cc(C3CCCCC3)c2O)cc(S)cc1C1CCCCC1. The standard InChI is InChI=1S/C25H32O2S2/c26-24-18(12-20(28)14-22(24)16-7-3-1-4-8-16)11-19-13-21(29)15-23(25(19)27)17-9-5-2-6-10-17/h12-17,26-29H,1-11H2. The highest BCUT2D eigenvalue weighted by molar-refractivity contribution is 7.80. The van der Waals surface area contributed by atoms with Gasteiger partial charge in [0.25, 0.3) is 0 Å². The lowest BCUT2D eigenvalue weighted by atomic mass is 9.81. The lowest BCUT2D eigenvalue weighted by Crippen LogP contribution is -2.07. The summed E-state index contributed by atoms with van der Waals surface area (Å²) in [6.07, 6.45) is 12.5. The average molecular weight is 429 g/mol. The van der Waals surface area contributed by atoms with Crippen LogP contribution >= 0.6 is 25.3 Å². The molecule has 2 saturated carbocycles. The van der Waals surface area contributed by atoms with E-state index in [0.29, 0.717) is 29.8 Å². The van der Waals surface area contributed by atoms with Gasteiger partial charge in [0.15, 0.2) is 0 Å². The fraction of sp³-hybridized carbons (Fsp3) is 0.520. The van der Waals surface area contributed by atoms with Crippen LogP contribution < -0.4 is 0 Å². The summed E-state index contributed by atoms with van der Waals surface area (Å²) in [7, 11) is 0. The summed E-state index contributed by atoms with van der Waals surface area (Å²) in [5.74, 6) is 1.60. The van der Waals surface area contributed by atoms with Crippen LogP contribution in [-0.4, -0.2) is 10.2 Å². The molecule has 2 aliphatic carbocycles. The van der Waals surface area contributed by atoms with Crippen molar-refractivity contribution in [1.29, 1.82) is 0 Å². The Kier molecular flexibility index (Phi) is 6.70. The molecule has 0 saturated heterocycles. The Labute approximate surface area is 185 Å². The van der Waals surface area contributed by atoms with Crippen molar-refractivity contribution in [2.24, 2.45) is 0 Å². The third-order valence-electron chi connectivity index (χ3n) is 6.88. The van der Waals surface area contributed by atoms with Gasteiger partial charge in [0.2, 0.25) is 0 Å². The molecular weight excluding hydrogens is 396 g/mol. The average Bonchev–Trinajstić information content (AvgIpc) is 2.74. The monoisotopic (exact) mass is 428 g/mol. The molecule has 2 aromatic carbocycles. The first-order valence-electron chi connectivity index (χ1n) is 11.1. The Bertz CT molecular complexity index is 794. The van der Waals surface area contributed by atoms with Crippen LogP contribution in [0.25, 0.3) is 0 Å². The molecule has 2 fully saturated rings. The Morgan fingerprint density at radius 1 is 0.621 bits per heavy atom. The largest absolute Gasteiger partial charge is 0.507 e. The molecule has 0 unspecified atom stereocenters. The number of rotatable bonds is 4. The van der Waals surface area contributed by atoms with Crippen LogP contribution in [0, 0.1) is 0 Å². The molecule has 4 rings (SSSR count). The Balaban J connectivity index is 1.67. The second-order valence-corrected chi connectivity index (χ2v) is 9.96. The molecule has 156 valence electrons. The van der Waals surface area contributed by atoms with E-state index >= 15 is 0 Å². The molecule has 0 aromatic heterocycles. The van der Waals surface area contributed by atoms with Crippen molar-refractivity contribution in [1.82, 2.24) is 0 Å². The van der Waals surface area contributed by atoms with E-state index in [2.05, 4.69) is 25.3 Å². The van der Waals surface area contributed by atoms with Gasteiger partial charge >= 0.3 is 0 Å². The van der Waals surface area contributed by atoms with Crippen molar-refractivity contribution in [3.8, 4) is 11.5 Å². The van der Waals surface area contributed by atoms with Crippen LogP contribution in [0.3, 0.4) is 0 Å². The zero-order valence-corrected chi connectivity index (χ0v) is 18.8. The maximum absolute atomic E-state index is 11.1. The molecule has 4 heteroatoms. The van der Waals surface area contributed by atoms with E-state index < -0.39 is 0 Å². The van der Waals surface area contributed by atoms with Gasteiger partial charge < -0.3 is 10.2 Å². The molecule has 2 nitrogen and oxygen atoms in total. The number of thiol groups is 2. The Morgan fingerprint density at radius 3 is 1.38 bits per heavy atom. The van der Waals surface area contributed by atoms with Gasteiger partial charge in [0, 0.05) is 16.2 Å². The van der Waals surface area contributed by atoms with Gasteiger partial charge in [0.1, 0.15) is 11.5 Å². The minimum Gasteiger partial charge on any atom is -0.507 e. The van der Waals surface area contributed by atoms with Crippen molar-refractivity contribution in [3.63, 3.8) is 0 Å². The van der Waals surface area contributed by atoms with Crippen LogP contribution in [0.2, 0.25) is 0 Å². The third kappa shape index (κ3) is 4.74. The molecule has 2 aromatic rings. The molecule has 0 radical (unpaired) electrons. The number of phenolic OH excluding ortho intramolecular Hbond substituents is 2. The normalized spacial score (nSPS) is 18.8. The molecule has 0 heterocycles. The van der Waals surface area contributed by atoms with Crippen molar-refractivity contribution in [3.05, 3.63) is 46.5 Å². The van der Waals surface area contributed by atoms with E-state index in [1.54, 1.807) is 0 Å². The Hall–Kier alpha value is -1.26. The molecule has 0 spiro atoms. The lowest BCUT2D eigenvalue weighted by Gasteiger charge is -2.25. The van der Waals surface area contributed by atoms with Gasteiger partial charge in [-0.15, -0.1) is 25.3 Å². The molecular formula is C25H32O2S2. The maximum Gasteiger partial charge on any atom is 0.122 e. The maximum atomic E-state index is 11.1. The summed E-state index contributed by atoms with van der Waals surface area (Å²) in [5, 5.41) is 22.1. The summed E-state index contributed by atoms with van der Waals surface area (Å²) in [6, 6.07) is 7.94. The highest BCUT2D eigenvalue weighted by atomic mass is 32.1. The molecule has 0 atom stereocenters. The number of phenols is 2. The molecule has 0 aliphatic heterocycles. The zero-order valence-electron chi connectivity index (χ0n) is 17.0. The summed E-state index contributed by atoms with van der Waals surface area (Å²) < 4.78 is 0. The quantitative estimate of drug-likeness (QED) is 0.384. The topological polar surface area (TPSA) is 40.5 Å². The zero-order chi connectivity index (χ0) is 20.4. The highest BCUT2D eigenvalue weighted by Gasteiger charge is 2.24. The molecule has 0 amide bonds. The number of aromatic hydroxyl groups is 2. The molecule has 2 aliphatic rings. The highest BCUT2D eigenvalue weighted by Crippen LogP contribution is 2.43. The van der Waals surface area contributed by atoms with Crippen molar-refractivity contribution in [2.45, 2.75) is 92.3 Å². The number of benzene rings is 2. The van der Waals surface area contributed by atoms with Gasteiger partial charge in [-0.2, -0.15) is 0 Å². The van der Waals surface area contributed by atoms with Gasteiger partial charge in [-0.25, -0.2) is 0 Å². The van der Waals surface area contributed by atoms with Crippen LogP contribution in [0.5, 0.6) is 11.5 Å². The third-order valence-corrected chi connectivity index (χ3v) is 7.39. The van der Waals surface area contributed by atoms with Crippen LogP contribution in [0.1, 0.15) is 98.3 Å². The van der Waals surface area contributed by atoms with E-state index in [9.17, 15) is 10.2 Å². The lowest BCUT2D eigenvalue weighted by molar-refractivity contribution is 0.408. The Morgan fingerprint density at radius 2 is 1.00 bits per heavy atom. The summed E-state index contributed by atoms with van der Waals surface area (Å²) in [5.41, 5.74) is 3.76. The summed E-state index contributed by atoms with van der Waals surface area (Å²) in [4.78, 5) is 1.76. The van der Waals surface area contributed by atoms with E-state index in [1.807, 2.05) is 24.3 Å². The summed E-state index contributed by atoms with van der Waals surface area (Å²) >= 11 is 9.24. The number of hydrogen-bond acceptors (Lipinski definition) is 4. The first kappa shape index (κ1) is 21.0. The van der Waals surface area contributed by atoms with E-state index in [4.69, 9.17) is 0 Å². The van der Waals surface area contributed by atoms with Crippen molar-refractivity contribution < 1.29 is 10.2 Å². The van der Waals surface area contributed by atoms with Crippen LogP contribution in [0.4, 0.5) is 0 Å². The van der Waals surface area contributed by atoms with E-state index in [0.717, 1.165) is 57.7 Å². The van der Waals surface area contributed by atoms with Gasteiger partial charge in [-0.1, -0.05) is 38.5 Å². The molecule has 2 N–H and O–H groups in total. The second kappa shape index (κ2) is 9.26. The summed E-state index contributed by atoms with van der Waals surface area (Å²) in [6.45, 7) is 0. The van der Waals surface area contributed by atoms with E-state index in [1.165, 1.54) is 38.5 Å². The predicted molar refractivity (Wildman–Crippen MR) is 125 cm³/mol. The van der Waals surface area contributed by atoms with Crippen molar-refractivity contribution in [2.75, 3.05) is 0 Å². The van der Waals surface area contributed by atoms with Gasteiger partial charge in [0.05, 0.1) is 0 Å². The predicted octanol–water partition coefficient (Wildman–Crippen LogP) is 7.36. The minimum atomic E-state index is 0.387. The fourth-order valence-corrected chi connectivity index (χ4v) is 5.92. The molecule has 0 bridgehead atoms. The van der Waals surface area contributed by atoms with Gasteiger partial charge in [-0.05, 0) is 84.0 Å². The van der Waals surface area contributed by atoms with Crippen LogP contribution in [0.15, 0.2) is 34.1 Å². The van der Waals surface area contributed by atoms with Crippen molar-refractivity contribution >= 4 is 25.3 Å². The fourth-order valence-electron chi connectivity index (χ4n) is 5.33. The van der Waals surface area contributed by atoms with Gasteiger partial charge in [-0.3, -0.25) is 0 Å². The number of hydrogen-bond donors (Lipinski definition) is 4. The van der Waals surface area contributed by atoms with Crippen LogP contribution in [-0.2, 0) is 6.42 Å². The molecule has 29 heavy (non-hydrogen) atoms.